The second-order valence-corrected chi connectivity index (χ2v) is 6.08. The Balaban J connectivity index is 2.90. The van der Waals surface area contributed by atoms with E-state index in [1.165, 1.54) is 0 Å². The predicted octanol–water partition coefficient (Wildman–Crippen LogP) is 2.16. The molecule has 0 radical (unpaired) electrons. The standard InChI is InChI=1S/C16H25N3O4/c1-16(2,3)23-15(20)19(8-9-22-4)11-12-6-5-7-13(10-12)14(17)18-21/h5-7,10,21H,8-9,11H2,1-4H3,(H2,17,18). The number of oxime groups is 1. The van der Waals surface area contributed by atoms with Gasteiger partial charge in [0.05, 0.1) is 6.61 Å². The molecule has 0 heterocycles. The van der Waals surface area contributed by atoms with Crippen molar-refractivity contribution in [2.24, 2.45) is 10.9 Å². The van der Waals surface area contributed by atoms with Gasteiger partial charge in [-0.15, -0.1) is 0 Å². The number of methoxy groups -OCH3 is 1. The van der Waals surface area contributed by atoms with E-state index in [4.69, 9.17) is 20.4 Å². The number of carbonyl (C=O) groups excluding carboxylic acids is 1. The summed E-state index contributed by atoms with van der Waals surface area (Å²) in [5.74, 6) is 0.0209. The van der Waals surface area contributed by atoms with E-state index in [0.717, 1.165) is 5.56 Å². The van der Waals surface area contributed by atoms with Crippen LogP contribution in [0, 0.1) is 0 Å². The third-order valence-electron chi connectivity index (χ3n) is 2.92. The molecule has 0 spiro atoms. The largest absolute Gasteiger partial charge is 0.444 e. The first-order valence-electron chi connectivity index (χ1n) is 7.30. The summed E-state index contributed by atoms with van der Waals surface area (Å²) >= 11 is 0. The summed E-state index contributed by atoms with van der Waals surface area (Å²) in [4.78, 5) is 13.9. The van der Waals surface area contributed by atoms with Gasteiger partial charge in [0.25, 0.3) is 0 Å². The number of hydrogen-bond donors (Lipinski definition) is 2. The van der Waals surface area contributed by atoms with Crippen molar-refractivity contribution < 1.29 is 19.5 Å². The van der Waals surface area contributed by atoms with Crippen LogP contribution in [0.3, 0.4) is 0 Å². The molecule has 7 heteroatoms. The third kappa shape index (κ3) is 6.56. The number of nitrogens with two attached hydrogens (primary N) is 1. The van der Waals surface area contributed by atoms with E-state index in [-0.39, 0.29) is 5.84 Å². The number of carbonyl (C=O) groups is 1. The fraction of sp³-hybridized carbons (Fsp3) is 0.500. The van der Waals surface area contributed by atoms with Crippen molar-refractivity contribution >= 4 is 11.9 Å². The van der Waals surface area contributed by atoms with Gasteiger partial charge in [-0.1, -0.05) is 23.4 Å². The van der Waals surface area contributed by atoms with Crippen LogP contribution in [0.25, 0.3) is 0 Å². The van der Waals surface area contributed by atoms with Crippen LogP contribution in [-0.4, -0.2) is 47.9 Å². The van der Waals surface area contributed by atoms with E-state index in [1.807, 2.05) is 26.8 Å². The molecular weight excluding hydrogens is 298 g/mol. The number of amidine groups is 1. The summed E-state index contributed by atoms with van der Waals surface area (Å²) in [6.45, 7) is 6.60. The first-order chi connectivity index (χ1) is 10.8. The Morgan fingerprint density at radius 3 is 2.65 bits per heavy atom. The summed E-state index contributed by atoms with van der Waals surface area (Å²) < 4.78 is 10.5. The minimum absolute atomic E-state index is 0.0209. The molecule has 1 rings (SSSR count). The third-order valence-corrected chi connectivity index (χ3v) is 2.92. The number of hydrogen-bond acceptors (Lipinski definition) is 5. The lowest BCUT2D eigenvalue weighted by molar-refractivity contribution is 0.0184. The number of nitrogens with zero attached hydrogens (tertiary/aromatic N) is 2. The highest BCUT2D eigenvalue weighted by atomic mass is 16.6. The molecule has 0 aromatic heterocycles. The normalized spacial score (nSPS) is 12.1. The van der Waals surface area contributed by atoms with Crippen LogP contribution >= 0.6 is 0 Å². The quantitative estimate of drug-likeness (QED) is 0.362. The molecule has 0 aliphatic heterocycles. The smallest absolute Gasteiger partial charge is 0.410 e. The number of ether oxygens (including phenoxy) is 2. The van der Waals surface area contributed by atoms with Crippen LogP contribution in [0.5, 0.6) is 0 Å². The fourth-order valence-electron chi connectivity index (χ4n) is 1.87. The molecule has 7 nitrogen and oxygen atoms in total. The molecule has 0 bridgehead atoms. The molecule has 3 N–H and O–H groups in total. The minimum Gasteiger partial charge on any atom is -0.444 e. The monoisotopic (exact) mass is 323 g/mol. The van der Waals surface area contributed by atoms with Gasteiger partial charge in [0.2, 0.25) is 0 Å². The van der Waals surface area contributed by atoms with E-state index in [0.29, 0.717) is 25.3 Å². The van der Waals surface area contributed by atoms with Gasteiger partial charge in [-0.3, -0.25) is 0 Å². The van der Waals surface area contributed by atoms with E-state index >= 15 is 0 Å². The van der Waals surface area contributed by atoms with Crippen molar-refractivity contribution in [1.29, 1.82) is 0 Å². The van der Waals surface area contributed by atoms with Crippen molar-refractivity contribution in [2.75, 3.05) is 20.3 Å². The Labute approximate surface area is 136 Å². The van der Waals surface area contributed by atoms with Gasteiger partial charge < -0.3 is 25.3 Å². The van der Waals surface area contributed by atoms with Gasteiger partial charge in [-0.2, -0.15) is 0 Å². The second kappa shape index (κ2) is 8.38. The Morgan fingerprint density at radius 1 is 1.39 bits per heavy atom. The summed E-state index contributed by atoms with van der Waals surface area (Å²) in [7, 11) is 1.58. The molecular formula is C16H25N3O4. The Kier molecular flexibility index (Phi) is 6.84. The molecule has 0 atom stereocenters. The van der Waals surface area contributed by atoms with Crippen LogP contribution in [0.2, 0.25) is 0 Å². The zero-order valence-corrected chi connectivity index (χ0v) is 14.1. The van der Waals surface area contributed by atoms with Crippen LogP contribution in [0.1, 0.15) is 31.9 Å². The van der Waals surface area contributed by atoms with Crippen LogP contribution in [-0.2, 0) is 16.0 Å². The first-order valence-corrected chi connectivity index (χ1v) is 7.30. The highest BCUT2D eigenvalue weighted by Gasteiger charge is 2.22. The molecule has 128 valence electrons. The van der Waals surface area contributed by atoms with Gasteiger partial charge in [0, 0.05) is 25.8 Å². The van der Waals surface area contributed by atoms with Crippen molar-refractivity contribution in [3.8, 4) is 0 Å². The second-order valence-electron chi connectivity index (χ2n) is 6.08. The predicted molar refractivity (Wildman–Crippen MR) is 87.5 cm³/mol. The lowest BCUT2D eigenvalue weighted by Gasteiger charge is -2.27. The lowest BCUT2D eigenvalue weighted by atomic mass is 10.1. The maximum atomic E-state index is 12.3. The SMILES string of the molecule is COCCN(Cc1cccc(C(N)=NO)c1)C(=O)OC(C)(C)C. The minimum atomic E-state index is -0.571. The Bertz CT molecular complexity index is 553. The zero-order valence-electron chi connectivity index (χ0n) is 14.1. The van der Waals surface area contributed by atoms with Crippen molar-refractivity contribution in [1.82, 2.24) is 4.90 Å². The van der Waals surface area contributed by atoms with Gasteiger partial charge in [-0.05, 0) is 32.4 Å². The molecule has 0 fully saturated rings. The maximum absolute atomic E-state index is 12.3. The highest BCUT2D eigenvalue weighted by molar-refractivity contribution is 5.97. The van der Waals surface area contributed by atoms with E-state index in [2.05, 4.69) is 5.16 Å². The number of benzene rings is 1. The first kappa shape index (κ1) is 18.8. The molecule has 0 aliphatic rings. The number of rotatable bonds is 6. The van der Waals surface area contributed by atoms with Crippen LogP contribution in [0.4, 0.5) is 4.79 Å². The zero-order chi connectivity index (χ0) is 17.5. The summed E-state index contributed by atoms with van der Waals surface area (Å²) in [6.07, 6.45) is -0.413. The molecule has 1 amide bonds. The van der Waals surface area contributed by atoms with E-state index < -0.39 is 11.7 Å². The molecule has 0 unspecified atom stereocenters. The summed E-state index contributed by atoms with van der Waals surface area (Å²) in [6, 6.07) is 7.13. The molecule has 0 aliphatic carbocycles. The van der Waals surface area contributed by atoms with E-state index in [1.54, 1.807) is 30.2 Å². The van der Waals surface area contributed by atoms with Crippen molar-refractivity contribution in [3.63, 3.8) is 0 Å². The average Bonchev–Trinajstić information content (AvgIpc) is 2.49. The maximum Gasteiger partial charge on any atom is 0.410 e. The Morgan fingerprint density at radius 2 is 2.09 bits per heavy atom. The van der Waals surface area contributed by atoms with Crippen molar-refractivity contribution in [2.45, 2.75) is 32.9 Å². The average molecular weight is 323 g/mol. The molecule has 0 saturated carbocycles. The van der Waals surface area contributed by atoms with Gasteiger partial charge in [0.15, 0.2) is 5.84 Å². The molecule has 1 aromatic carbocycles. The Hall–Kier alpha value is -2.28. The lowest BCUT2D eigenvalue weighted by Crippen LogP contribution is -2.38. The number of amides is 1. The van der Waals surface area contributed by atoms with E-state index in [9.17, 15) is 4.79 Å². The summed E-state index contributed by atoms with van der Waals surface area (Å²) in [5.41, 5.74) is 6.45. The van der Waals surface area contributed by atoms with Crippen LogP contribution < -0.4 is 5.73 Å². The highest BCUT2D eigenvalue weighted by Crippen LogP contribution is 2.14. The molecule has 0 saturated heterocycles. The van der Waals surface area contributed by atoms with Gasteiger partial charge >= 0.3 is 6.09 Å². The van der Waals surface area contributed by atoms with Gasteiger partial charge in [0.1, 0.15) is 5.60 Å². The summed E-state index contributed by atoms with van der Waals surface area (Å²) in [5, 5.41) is 11.7. The van der Waals surface area contributed by atoms with Crippen LogP contribution in [0.15, 0.2) is 29.4 Å². The topological polar surface area (TPSA) is 97.4 Å². The molecule has 1 aromatic rings. The fourth-order valence-corrected chi connectivity index (χ4v) is 1.87. The van der Waals surface area contributed by atoms with Crippen molar-refractivity contribution in [3.05, 3.63) is 35.4 Å². The van der Waals surface area contributed by atoms with Gasteiger partial charge in [-0.25, -0.2) is 4.79 Å². The molecule has 23 heavy (non-hydrogen) atoms.